The molecule has 4 heteroatoms. The monoisotopic (exact) mass is 386 g/mol. The van der Waals surface area contributed by atoms with Crippen molar-refractivity contribution in [2.24, 2.45) is 0 Å². The number of hydrogen-bond donors (Lipinski definition) is 1. The third kappa shape index (κ3) is 3.77. The highest BCUT2D eigenvalue weighted by Gasteiger charge is 2.19. The number of rotatable bonds is 4. The highest BCUT2D eigenvalue weighted by molar-refractivity contribution is 6.07. The SMILES string of the molecule is O=C(NC[C@H]1CCCO1)c1cc(-c2ccc3c(c2)CCCC3)nc2ccccc12. The molecule has 1 N–H and O–H groups in total. The van der Waals surface area contributed by atoms with E-state index in [4.69, 9.17) is 9.72 Å². The molecule has 1 aromatic heterocycles. The summed E-state index contributed by atoms with van der Waals surface area (Å²) in [6, 6.07) is 16.5. The Hall–Kier alpha value is -2.72. The Bertz CT molecular complexity index is 1050. The molecule has 0 saturated carbocycles. The summed E-state index contributed by atoms with van der Waals surface area (Å²) in [7, 11) is 0. The van der Waals surface area contributed by atoms with Gasteiger partial charge in [0, 0.05) is 24.1 Å². The minimum absolute atomic E-state index is 0.0571. The number of carbonyl (C=O) groups excluding carboxylic acids is 1. The number of amides is 1. The van der Waals surface area contributed by atoms with E-state index in [0.717, 1.165) is 54.5 Å². The number of nitrogens with one attached hydrogen (secondary N) is 1. The molecule has 2 aliphatic rings. The zero-order valence-electron chi connectivity index (χ0n) is 16.6. The van der Waals surface area contributed by atoms with E-state index in [1.807, 2.05) is 30.3 Å². The maximum absolute atomic E-state index is 13.0. The van der Waals surface area contributed by atoms with E-state index in [-0.39, 0.29) is 12.0 Å². The molecule has 5 rings (SSSR count). The first kappa shape index (κ1) is 18.3. The van der Waals surface area contributed by atoms with Crippen molar-refractivity contribution in [1.29, 1.82) is 0 Å². The quantitative estimate of drug-likeness (QED) is 0.708. The Morgan fingerprint density at radius 1 is 1.03 bits per heavy atom. The number of ether oxygens (including phenoxy) is 1. The van der Waals surface area contributed by atoms with Gasteiger partial charge in [0.25, 0.3) is 5.91 Å². The first-order valence-corrected chi connectivity index (χ1v) is 10.7. The number of aromatic nitrogens is 1. The van der Waals surface area contributed by atoms with Gasteiger partial charge in [-0.15, -0.1) is 0 Å². The van der Waals surface area contributed by atoms with Crippen LogP contribution in [0.5, 0.6) is 0 Å². The maximum Gasteiger partial charge on any atom is 0.252 e. The van der Waals surface area contributed by atoms with Gasteiger partial charge < -0.3 is 10.1 Å². The van der Waals surface area contributed by atoms with E-state index < -0.39 is 0 Å². The van der Waals surface area contributed by atoms with E-state index in [1.54, 1.807) is 0 Å². The molecule has 0 radical (unpaired) electrons. The van der Waals surface area contributed by atoms with Gasteiger partial charge in [0.15, 0.2) is 0 Å². The van der Waals surface area contributed by atoms with Crippen molar-refractivity contribution in [1.82, 2.24) is 10.3 Å². The van der Waals surface area contributed by atoms with Crippen LogP contribution in [0.2, 0.25) is 0 Å². The van der Waals surface area contributed by atoms with Crippen LogP contribution in [0.1, 0.15) is 47.2 Å². The number of aryl methyl sites for hydroxylation is 2. The molecule has 1 amide bonds. The van der Waals surface area contributed by atoms with Crippen LogP contribution < -0.4 is 5.32 Å². The van der Waals surface area contributed by atoms with Gasteiger partial charge >= 0.3 is 0 Å². The van der Waals surface area contributed by atoms with Crippen molar-refractivity contribution in [3.8, 4) is 11.3 Å². The molecule has 0 bridgehead atoms. The van der Waals surface area contributed by atoms with E-state index >= 15 is 0 Å². The van der Waals surface area contributed by atoms with Crippen molar-refractivity contribution in [2.75, 3.05) is 13.2 Å². The van der Waals surface area contributed by atoms with Gasteiger partial charge in [-0.1, -0.05) is 30.3 Å². The molecule has 4 nitrogen and oxygen atoms in total. The smallest absolute Gasteiger partial charge is 0.252 e. The normalized spacial score (nSPS) is 18.6. The second kappa shape index (κ2) is 7.96. The number of fused-ring (bicyclic) bond motifs is 2. The molecule has 1 aliphatic heterocycles. The lowest BCUT2D eigenvalue weighted by Gasteiger charge is -2.17. The molecular formula is C25H26N2O2. The number of carbonyl (C=O) groups is 1. The van der Waals surface area contributed by atoms with Gasteiger partial charge in [0.2, 0.25) is 0 Å². The third-order valence-corrected chi connectivity index (χ3v) is 6.12. The largest absolute Gasteiger partial charge is 0.376 e. The number of nitrogens with zero attached hydrogens (tertiary/aromatic N) is 1. The van der Waals surface area contributed by atoms with Gasteiger partial charge in [-0.05, 0) is 67.9 Å². The van der Waals surface area contributed by atoms with E-state index in [0.29, 0.717) is 12.1 Å². The number of benzene rings is 2. The number of hydrogen-bond acceptors (Lipinski definition) is 3. The van der Waals surface area contributed by atoms with E-state index in [1.165, 1.54) is 24.0 Å². The second-order valence-corrected chi connectivity index (χ2v) is 8.11. The van der Waals surface area contributed by atoms with Crippen molar-refractivity contribution in [3.05, 3.63) is 65.2 Å². The zero-order valence-corrected chi connectivity index (χ0v) is 16.6. The number of pyridine rings is 1. The van der Waals surface area contributed by atoms with Gasteiger partial charge in [-0.25, -0.2) is 4.98 Å². The van der Waals surface area contributed by atoms with Crippen LogP contribution in [-0.2, 0) is 17.6 Å². The molecular weight excluding hydrogens is 360 g/mol. The van der Waals surface area contributed by atoms with Crippen LogP contribution in [0, 0.1) is 0 Å². The van der Waals surface area contributed by atoms with Gasteiger partial charge in [-0.3, -0.25) is 4.79 Å². The highest BCUT2D eigenvalue weighted by Crippen LogP contribution is 2.29. The van der Waals surface area contributed by atoms with Gasteiger partial charge in [0.1, 0.15) is 0 Å². The molecule has 0 unspecified atom stereocenters. The van der Waals surface area contributed by atoms with Crippen molar-refractivity contribution >= 4 is 16.8 Å². The molecule has 1 saturated heterocycles. The molecule has 2 heterocycles. The van der Waals surface area contributed by atoms with Crippen LogP contribution in [0.15, 0.2) is 48.5 Å². The number of para-hydroxylation sites is 1. The topological polar surface area (TPSA) is 51.2 Å². The van der Waals surface area contributed by atoms with Crippen molar-refractivity contribution in [2.45, 2.75) is 44.6 Å². The second-order valence-electron chi connectivity index (χ2n) is 8.11. The predicted molar refractivity (Wildman–Crippen MR) is 115 cm³/mol. The summed E-state index contributed by atoms with van der Waals surface area (Å²) in [5.74, 6) is -0.0571. The molecule has 2 aromatic carbocycles. The summed E-state index contributed by atoms with van der Waals surface area (Å²) in [6.07, 6.45) is 7.03. The van der Waals surface area contributed by atoms with Crippen LogP contribution in [0.4, 0.5) is 0 Å². The van der Waals surface area contributed by atoms with Crippen LogP contribution >= 0.6 is 0 Å². The van der Waals surface area contributed by atoms with E-state index in [9.17, 15) is 4.79 Å². The average Bonchev–Trinajstić information content (AvgIpc) is 3.30. The lowest BCUT2D eigenvalue weighted by molar-refractivity contribution is 0.0859. The zero-order chi connectivity index (χ0) is 19.6. The highest BCUT2D eigenvalue weighted by atomic mass is 16.5. The predicted octanol–water partition coefficient (Wildman–Crippen LogP) is 4.69. The molecule has 1 fully saturated rings. The summed E-state index contributed by atoms with van der Waals surface area (Å²) in [6.45, 7) is 1.35. The summed E-state index contributed by atoms with van der Waals surface area (Å²) in [5, 5.41) is 3.96. The van der Waals surface area contributed by atoms with Crippen LogP contribution in [-0.4, -0.2) is 30.1 Å². The fourth-order valence-corrected chi connectivity index (χ4v) is 4.51. The maximum atomic E-state index is 13.0. The molecule has 1 aliphatic carbocycles. The molecule has 3 aromatic rings. The van der Waals surface area contributed by atoms with Gasteiger partial charge in [-0.2, -0.15) is 0 Å². The Morgan fingerprint density at radius 2 is 1.90 bits per heavy atom. The first-order valence-electron chi connectivity index (χ1n) is 10.7. The third-order valence-electron chi connectivity index (χ3n) is 6.12. The Labute approximate surface area is 171 Å². The molecule has 1 atom stereocenters. The fourth-order valence-electron chi connectivity index (χ4n) is 4.51. The molecule has 0 spiro atoms. The summed E-state index contributed by atoms with van der Waals surface area (Å²) in [4.78, 5) is 17.9. The lowest BCUT2D eigenvalue weighted by atomic mass is 9.89. The van der Waals surface area contributed by atoms with Crippen molar-refractivity contribution < 1.29 is 9.53 Å². The first-order chi connectivity index (χ1) is 14.3. The summed E-state index contributed by atoms with van der Waals surface area (Å²) in [5.41, 5.74) is 6.36. The molecule has 29 heavy (non-hydrogen) atoms. The minimum atomic E-state index is -0.0571. The van der Waals surface area contributed by atoms with Crippen molar-refractivity contribution in [3.63, 3.8) is 0 Å². The van der Waals surface area contributed by atoms with E-state index in [2.05, 4.69) is 23.5 Å². The van der Waals surface area contributed by atoms with Crippen LogP contribution in [0.25, 0.3) is 22.2 Å². The molecule has 148 valence electrons. The van der Waals surface area contributed by atoms with Crippen LogP contribution in [0.3, 0.4) is 0 Å². The standard InChI is InChI=1S/C25H26N2O2/c28-25(26-16-20-8-5-13-29-20)22-15-24(27-23-10-4-3-9-21(22)23)19-12-11-17-6-1-2-7-18(17)14-19/h3-4,9-12,14-15,20H,1-2,5-8,13,16H2,(H,26,28)/t20-/m1/s1. The summed E-state index contributed by atoms with van der Waals surface area (Å²) >= 11 is 0. The lowest BCUT2D eigenvalue weighted by Crippen LogP contribution is -2.31. The Kier molecular flexibility index (Phi) is 5.03. The minimum Gasteiger partial charge on any atom is -0.376 e. The Balaban J connectivity index is 1.51. The Morgan fingerprint density at radius 3 is 2.76 bits per heavy atom. The average molecular weight is 386 g/mol. The summed E-state index contributed by atoms with van der Waals surface area (Å²) < 4.78 is 5.65. The van der Waals surface area contributed by atoms with Gasteiger partial charge in [0.05, 0.1) is 22.9 Å². The fraction of sp³-hybridized carbons (Fsp3) is 0.360.